The molecule has 0 amide bonds. The Bertz CT molecular complexity index is 1210. The Kier molecular flexibility index (Phi) is 3.86. The summed E-state index contributed by atoms with van der Waals surface area (Å²) in [6, 6.07) is 23.2. The predicted octanol–water partition coefficient (Wildman–Crippen LogP) is 5.38. The van der Waals surface area contributed by atoms with E-state index in [2.05, 4.69) is 0 Å². The van der Waals surface area contributed by atoms with Gasteiger partial charge in [0.05, 0.1) is 0 Å². The van der Waals surface area contributed by atoms with Crippen molar-refractivity contribution in [3.8, 4) is 35.1 Å². The minimum atomic E-state index is 0.501. The Morgan fingerprint density at radius 2 is 1.38 bits per heavy atom. The summed E-state index contributed by atoms with van der Waals surface area (Å²) in [6.07, 6.45) is 3.45. The molecule has 4 nitrogen and oxygen atoms in total. The summed E-state index contributed by atoms with van der Waals surface area (Å²) in [5.74, 6) is 1.03. The zero-order chi connectivity index (χ0) is 17.9. The highest BCUT2D eigenvalue weighted by molar-refractivity contribution is 6.07. The maximum atomic E-state index is 8.88. The molecule has 0 unspecified atom stereocenters. The normalized spacial score (nSPS) is 10.2. The van der Waals surface area contributed by atoms with Crippen LogP contribution in [0.3, 0.4) is 0 Å². The Morgan fingerprint density at radius 3 is 2.19 bits per heavy atom. The molecule has 0 bridgehead atoms. The van der Waals surface area contributed by atoms with Gasteiger partial charge < -0.3 is 9.47 Å². The third-order valence-electron chi connectivity index (χ3n) is 4.35. The Hall–Kier alpha value is -4.02. The molecule has 4 aromatic rings. The molecule has 122 valence electrons. The maximum Gasteiger partial charge on any atom is 0.292 e. The SMILES string of the molecule is N#COc1ccc2cccc(-c3ccc(OC#N)c4ccccc34)c2c1. The smallest absolute Gasteiger partial charge is 0.292 e. The average molecular weight is 336 g/mol. The van der Waals surface area contributed by atoms with Crippen molar-refractivity contribution in [3.63, 3.8) is 0 Å². The summed E-state index contributed by atoms with van der Waals surface area (Å²) < 4.78 is 10.1. The summed E-state index contributed by atoms with van der Waals surface area (Å²) in [4.78, 5) is 0. The lowest BCUT2D eigenvalue weighted by atomic mass is 9.93. The fourth-order valence-corrected chi connectivity index (χ4v) is 3.25. The van der Waals surface area contributed by atoms with Gasteiger partial charge in [0.2, 0.25) is 0 Å². The summed E-state index contributed by atoms with van der Waals surface area (Å²) in [6.45, 7) is 0. The van der Waals surface area contributed by atoms with Crippen molar-refractivity contribution in [2.24, 2.45) is 0 Å². The molecule has 0 radical (unpaired) electrons. The number of hydrogen-bond donors (Lipinski definition) is 0. The van der Waals surface area contributed by atoms with Crippen LogP contribution in [0.2, 0.25) is 0 Å². The summed E-state index contributed by atoms with van der Waals surface area (Å²) in [5, 5.41) is 21.6. The third-order valence-corrected chi connectivity index (χ3v) is 4.35. The molecule has 4 heteroatoms. The van der Waals surface area contributed by atoms with Gasteiger partial charge in [-0.3, -0.25) is 0 Å². The highest BCUT2D eigenvalue weighted by atomic mass is 16.5. The number of hydrogen-bond acceptors (Lipinski definition) is 4. The van der Waals surface area contributed by atoms with Gasteiger partial charge in [-0.1, -0.05) is 48.5 Å². The molecule has 0 spiro atoms. The van der Waals surface area contributed by atoms with E-state index in [1.165, 1.54) is 0 Å². The van der Waals surface area contributed by atoms with Gasteiger partial charge in [-0.25, -0.2) is 0 Å². The number of benzene rings is 4. The standard InChI is InChI=1S/C22H12N2O2/c23-13-25-16-9-8-15-4-3-7-18(21(15)12-16)19-10-11-22(26-14-24)20-6-2-1-5-17(19)20/h1-12H. The van der Waals surface area contributed by atoms with Crippen molar-refractivity contribution >= 4 is 21.5 Å². The summed E-state index contributed by atoms with van der Waals surface area (Å²) in [5.41, 5.74) is 2.04. The van der Waals surface area contributed by atoms with E-state index in [-0.39, 0.29) is 0 Å². The topological polar surface area (TPSA) is 66.0 Å². The second-order valence-electron chi connectivity index (χ2n) is 5.73. The van der Waals surface area contributed by atoms with E-state index in [0.29, 0.717) is 11.5 Å². The first-order valence-corrected chi connectivity index (χ1v) is 7.98. The molecule has 0 aliphatic rings. The van der Waals surface area contributed by atoms with Crippen LogP contribution in [-0.4, -0.2) is 0 Å². The van der Waals surface area contributed by atoms with Crippen molar-refractivity contribution in [1.29, 1.82) is 10.5 Å². The van der Waals surface area contributed by atoms with E-state index >= 15 is 0 Å². The second-order valence-corrected chi connectivity index (χ2v) is 5.73. The molecule has 0 fully saturated rings. The van der Waals surface area contributed by atoms with E-state index in [4.69, 9.17) is 20.0 Å². The Labute approximate surface area is 150 Å². The van der Waals surface area contributed by atoms with Crippen LogP contribution in [-0.2, 0) is 0 Å². The minimum Gasteiger partial charge on any atom is -0.388 e. The van der Waals surface area contributed by atoms with Crippen LogP contribution in [0.1, 0.15) is 0 Å². The first-order chi connectivity index (χ1) is 12.8. The third kappa shape index (κ3) is 2.56. The molecule has 0 N–H and O–H groups in total. The first-order valence-electron chi connectivity index (χ1n) is 7.98. The van der Waals surface area contributed by atoms with Gasteiger partial charge in [0, 0.05) is 5.39 Å². The van der Waals surface area contributed by atoms with Gasteiger partial charge in [-0.2, -0.15) is 0 Å². The quantitative estimate of drug-likeness (QED) is 0.471. The summed E-state index contributed by atoms with van der Waals surface area (Å²) >= 11 is 0. The lowest BCUT2D eigenvalue weighted by Gasteiger charge is -2.12. The van der Waals surface area contributed by atoms with E-state index in [1.54, 1.807) is 24.6 Å². The Balaban J connectivity index is 2.02. The van der Waals surface area contributed by atoms with Crippen LogP contribution in [0.4, 0.5) is 0 Å². The van der Waals surface area contributed by atoms with Crippen LogP contribution < -0.4 is 9.47 Å². The fraction of sp³-hybridized carbons (Fsp3) is 0. The predicted molar refractivity (Wildman–Crippen MR) is 99.4 cm³/mol. The van der Waals surface area contributed by atoms with Crippen molar-refractivity contribution < 1.29 is 9.47 Å². The molecule has 0 atom stereocenters. The van der Waals surface area contributed by atoms with Gasteiger partial charge >= 0.3 is 0 Å². The molecule has 4 aromatic carbocycles. The first kappa shape index (κ1) is 15.5. The van der Waals surface area contributed by atoms with Gasteiger partial charge in [0.1, 0.15) is 11.5 Å². The number of ether oxygens (including phenoxy) is 2. The molecular formula is C22H12N2O2. The van der Waals surface area contributed by atoms with Crippen molar-refractivity contribution in [3.05, 3.63) is 72.8 Å². The lowest BCUT2D eigenvalue weighted by molar-refractivity contribution is 0.508. The summed E-state index contributed by atoms with van der Waals surface area (Å²) in [7, 11) is 0. The average Bonchev–Trinajstić information content (AvgIpc) is 2.68. The zero-order valence-electron chi connectivity index (χ0n) is 13.6. The highest BCUT2D eigenvalue weighted by Crippen LogP contribution is 2.38. The van der Waals surface area contributed by atoms with Crippen LogP contribution in [0.25, 0.3) is 32.7 Å². The van der Waals surface area contributed by atoms with Gasteiger partial charge in [-0.15, -0.1) is 10.5 Å². The Morgan fingerprint density at radius 1 is 0.615 bits per heavy atom. The van der Waals surface area contributed by atoms with Crippen molar-refractivity contribution in [2.45, 2.75) is 0 Å². The van der Waals surface area contributed by atoms with E-state index in [1.807, 2.05) is 60.7 Å². The van der Waals surface area contributed by atoms with E-state index in [9.17, 15) is 0 Å². The fourth-order valence-electron chi connectivity index (χ4n) is 3.25. The molecule has 0 saturated carbocycles. The molecular weight excluding hydrogens is 324 g/mol. The van der Waals surface area contributed by atoms with E-state index in [0.717, 1.165) is 32.7 Å². The lowest BCUT2D eigenvalue weighted by Crippen LogP contribution is -1.89. The second kappa shape index (κ2) is 6.47. The molecule has 0 aromatic heterocycles. The van der Waals surface area contributed by atoms with Crippen molar-refractivity contribution in [2.75, 3.05) is 0 Å². The van der Waals surface area contributed by atoms with Gasteiger partial charge in [0.15, 0.2) is 0 Å². The zero-order valence-corrected chi connectivity index (χ0v) is 13.6. The molecule has 26 heavy (non-hydrogen) atoms. The number of nitrogens with zero attached hydrogens (tertiary/aromatic N) is 2. The maximum absolute atomic E-state index is 8.88. The molecule has 4 rings (SSSR count). The molecule has 0 aliphatic heterocycles. The van der Waals surface area contributed by atoms with Gasteiger partial charge in [0.25, 0.3) is 12.5 Å². The van der Waals surface area contributed by atoms with Crippen LogP contribution >= 0.6 is 0 Å². The van der Waals surface area contributed by atoms with Gasteiger partial charge in [-0.05, 0) is 51.6 Å². The van der Waals surface area contributed by atoms with Crippen LogP contribution in [0.5, 0.6) is 11.5 Å². The number of fused-ring (bicyclic) bond motifs is 2. The molecule has 0 aliphatic carbocycles. The van der Waals surface area contributed by atoms with Crippen molar-refractivity contribution in [1.82, 2.24) is 0 Å². The highest BCUT2D eigenvalue weighted by Gasteiger charge is 2.12. The van der Waals surface area contributed by atoms with Crippen LogP contribution in [0, 0.1) is 23.0 Å². The van der Waals surface area contributed by atoms with Crippen LogP contribution in [0.15, 0.2) is 72.8 Å². The van der Waals surface area contributed by atoms with E-state index < -0.39 is 0 Å². The number of nitriles is 2. The monoisotopic (exact) mass is 336 g/mol. The molecule has 0 heterocycles. The molecule has 0 saturated heterocycles. The number of rotatable bonds is 3. The minimum absolute atomic E-state index is 0.501. The largest absolute Gasteiger partial charge is 0.388 e.